The van der Waals surface area contributed by atoms with Gasteiger partial charge in [-0.05, 0) is 6.07 Å². The normalized spacial score (nSPS) is 11.2. The number of halogens is 4. The molecule has 108 valence electrons. The second kappa shape index (κ2) is 5.40. The lowest BCUT2D eigenvalue weighted by Crippen LogP contribution is -1.91. The zero-order valence-corrected chi connectivity index (χ0v) is 11.3. The molecule has 0 aliphatic heterocycles. The Balaban J connectivity index is 1.84. The van der Waals surface area contributed by atoms with Crippen LogP contribution in [0.25, 0.3) is 11.0 Å². The summed E-state index contributed by atoms with van der Waals surface area (Å²) in [6, 6.07) is 5.90. The molecular weight excluding hydrogens is 304 g/mol. The van der Waals surface area contributed by atoms with E-state index in [-0.39, 0.29) is 16.8 Å². The van der Waals surface area contributed by atoms with Gasteiger partial charge in [0.15, 0.2) is 28.4 Å². The van der Waals surface area contributed by atoms with Crippen LogP contribution in [0.5, 0.6) is 0 Å². The van der Waals surface area contributed by atoms with E-state index in [2.05, 4.69) is 9.97 Å². The third-order valence-electron chi connectivity index (χ3n) is 2.90. The van der Waals surface area contributed by atoms with E-state index in [1.807, 2.05) is 0 Å². The molecule has 1 N–H and O–H groups in total. The van der Waals surface area contributed by atoms with Crippen molar-refractivity contribution in [1.82, 2.24) is 9.97 Å². The first kappa shape index (κ1) is 13.9. The molecule has 3 rings (SSSR count). The summed E-state index contributed by atoms with van der Waals surface area (Å²) in [6.45, 7) is 0. The minimum absolute atomic E-state index is 0.147. The van der Waals surface area contributed by atoms with Crippen molar-refractivity contribution in [3.05, 3.63) is 59.2 Å². The van der Waals surface area contributed by atoms with Gasteiger partial charge in [0.1, 0.15) is 0 Å². The summed E-state index contributed by atoms with van der Waals surface area (Å²) >= 11 is 1.12. The van der Waals surface area contributed by atoms with Gasteiger partial charge in [0.2, 0.25) is 0 Å². The number of imidazole rings is 1. The van der Waals surface area contributed by atoms with Gasteiger partial charge in [-0.3, -0.25) is 0 Å². The second-order valence-corrected chi connectivity index (χ2v) is 5.29. The van der Waals surface area contributed by atoms with Crippen molar-refractivity contribution in [3.8, 4) is 0 Å². The predicted molar refractivity (Wildman–Crippen MR) is 71.9 cm³/mol. The van der Waals surface area contributed by atoms with Crippen molar-refractivity contribution in [1.29, 1.82) is 0 Å². The number of hydrogen-bond donors (Lipinski definition) is 1. The number of hydrogen-bond acceptors (Lipinski definition) is 2. The number of aromatic amines is 1. The lowest BCUT2D eigenvalue weighted by atomic mass is 10.2. The molecule has 21 heavy (non-hydrogen) atoms. The van der Waals surface area contributed by atoms with Gasteiger partial charge >= 0.3 is 0 Å². The standard InChI is InChI=1S/C14H8F4N2S/c15-8-3-1-2-7(13(8)18)6-21-14-19-11-4-9(16)10(17)5-12(11)20-14/h1-5H,6H2,(H,19,20). The zero-order chi connectivity index (χ0) is 15.0. The lowest BCUT2D eigenvalue weighted by Gasteiger charge is -2.01. The van der Waals surface area contributed by atoms with Gasteiger partial charge in [-0.1, -0.05) is 23.9 Å². The van der Waals surface area contributed by atoms with E-state index in [9.17, 15) is 17.6 Å². The van der Waals surface area contributed by atoms with Crippen molar-refractivity contribution in [2.75, 3.05) is 0 Å². The topological polar surface area (TPSA) is 28.7 Å². The van der Waals surface area contributed by atoms with Crippen molar-refractivity contribution in [2.45, 2.75) is 10.9 Å². The summed E-state index contributed by atoms with van der Waals surface area (Å²) in [5.41, 5.74) is 0.810. The number of thioether (sulfide) groups is 1. The minimum Gasteiger partial charge on any atom is -0.333 e. The molecule has 0 unspecified atom stereocenters. The summed E-state index contributed by atoms with van der Waals surface area (Å²) in [4.78, 5) is 6.86. The highest BCUT2D eigenvalue weighted by atomic mass is 32.2. The first-order chi connectivity index (χ1) is 10.0. The van der Waals surface area contributed by atoms with Crippen molar-refractivity contribution >= 4 is 22.8 Å². The van der Waals surface area contributed by atoms with Crippen molar-refractivity contribution in [2.24, 2.45) is 0 Å². The number of benzene rings is 2. The van der Waals surface area contributed by atoms with Crippen LogP contribution in [-0.4, -0.2) is 9.97 Å². The molecule has 0 spiro atoms. The van der Waals surface area contributed by atoms with E-state index in [0.717, 1.165) is 30.0 Å². The van der Waals surface area contributed by atoms with Gasteiger partial charge in [-0.25, -0.2) is 22.5 Å². The molecule has 0 saturated heterocycles. The molecule has 7 heteroatoms. The molecule has 2 nitrogen and oxygen atoms in total. The Labute approximate surface area is 121 Å². The first-order valence-electron chi connectivity index (χ1n) is 5.95. The molecule has 0 aliphatic carbocycles. The number of nitrogens with zero attached hydrogens (tertiary/aromatic N) is 1. The molecule has 0 atom stereocenters. The van der Waals surface area contributed by atoms with Crippen LogP contribution in [0.4, 0.5) is 17.6 Å². The Morgan fingerprint density at radius 2 is 1.76 bits per heavy atom. The number of nitrogens with one attached hydrogen (secondary N) is 1. The maximum atomic E-state index is 13.5. The van der Waals surface area contributed by atoms with Gasteiger partial charge in [0, 0.05) is 23.4 Å². The number of H-pyrrole nitrogens is 1. The Bertz CT molecular complexity index is 777. The van der Waals surface area contributed by atoms with E-state index in [1.165, 1.54) is 12.1 Å². The fourth-order valence-corrected chi connectivity index (χ4v) is 2.72. The Morgan fingerprint density at radius 1 is 1.00 bits per heavy atom. The van der Waals surface area contributed by atoms with E-state index < -0.39 is 23.3 Å². The Hall–Kier alpha value is -2.02. The van der Waals surface area contributed by atoms with Crippen LogP contribution in [0.15, 0.2) is 35.5 Å². The van der Waals surface area contributed by atoms with Gasteiger partial charge < -0.3 is 4.98 Å². The highest BCUT2D eigenvalue weighted by Crippen LogP contribution is 2.25. The third-order valence-corrected chi connectivity index (χ3v) is 3.82. The quantitative estimate of drug-likeness (QED) is 0.573. The van der Waals surface area contributed by atoms with Gasteiger partial charge in [0.05, 0.1) is 11.0 Å². The summed E-state index contributed by atoms with van der Waals surface area (Å²) in [5, 5.41) is 0.374. The van der Waals surface area contributed by atoms with Gasteiger partial charge in [-0.2, -0.15) is 0 Å². The SMILES string of the molecule is Fc1cc2nc(SCc3cccc(F)c3F)[nH]c2cc1F. The van der Waals surface area contributed by atoms with Crippen LogP contribution in [-0.2, 0) is 5.75 Å². The summed E-state index contributed by atoms with van der Waals surface area (Å²) in [6.07, 6.45) is 0. The predicted octanol–water partition coefficient (Wildman–Crippen LogP) is 4.41. The van der Waals surface area contributed by atoms with E-state index in [1.54, 1.807) is 0 Å². The highest BCUT2D eigenvalue weighted by molar-refractivity contribution is 7.98. The Kier molecular flexibility index (Phi) is 3.59. The van der Waals surface area contributed by atoms with Crippen LogP contribution in [0.3, 0.4) is 0 Å². The molecule has 0 fully saturated rings. The molecule has 2 aromatic carbocycles. The van der Waals surface area contributed by atoms with Crippen LogP contribution in [0.1, 0.15) is 5.56 Å². The number of fused-ring (bicyclic) bond motifs is 1. The number of rotatable bonds is 3. The van der Waals surface area contributed by atoms with Crippen LogP contribution >= 0.6 is 11.8 Å². The molecule has 1 aromatic heterocycles. The molecule has 0 aliphatic rings. The van der Waals surface area contributed by atoms with Crippen LogP contribution < -0.4 is 0 Å². The maximum Gasteiger partial charge on any atom is 0.166 e. The van der Waals surface area contributed by atoms with E-state index in [4.69, 9.17) is 0 Å². The highest BCUT2D eigenvalue weighted by Gasteiger charge is 2.11. The average molecular weight is 312 g/mol. The first-order valence-corrected chi connectivity index (χ1v) is 6.93. The molecule has 0 saturated carbocycles. The van der Waals surface area contributed by atoms with E-state index >= 15 is 0 Å². The largest absolute Gasteiger partial charge is 0.333 e. The summed E-state index contributed by atoms with van der Waals surface area (Å²) < 4.78 is 52.7. The molecule has 0 bridgehead atoms. The van der Waals surface area contributed by atoms with Gasteiger partial charge in [-0.15, -0.1) is 0 Å². The molecular formula is C14H8F4N2S. The van der Waals surface area contributed by atoms with Crippen molar-refractivity contribution in [3.63, 3.8) is 0 Å². The van der Waals surface area contributed by atoms with Gasteiger partial charge in [0.25, 0.3) is 0 Å². The monoisotopic (exact) mass is 312 g/mol. The molecule has 3 aromatic rings. The smallest absolute Gasteiger partial charge is 0.166 e. The van der Waals surface area contributed by atoms with Crippen LogP contribution in [0, 0.1) is 23.3 Å². The fourth-order valence-electron chi connectivity index (χ4n) is 1.86. The zero-order valence-electron chi connectivity index (χ0n) is 10.5. The fraction of sp³-hybridized carbons (Fsp3) is 0.0714. The lowest BCUT2D eigenvalue weighted by molar-refractivity contribution is 0.502. The average Bonchev–Trinajstić information content (AvgIpc) is 2.83. The minimum atomic E-state index is -0.985. The second-order valence-electron chi connectivity index (χ2n) is 4.33. The van der Waals surface area contributed by atoms with Crippen LogP contribution in [0.2, 0.25) is 0 Å². The summed E-state index contributed by atoms with van der Waals surface area (Å²) in [5.74, 6) is -3.63. The summed E-state index contributed by atoms with van der Waals surface area (Å²) in [7, 11) is 0. The molecule has 0 amide bonds. The third kappa shape index (κ3) is 2.73. The Morgan fingerprint density at radius 3 is 2.57 bits per heavy atom. The van der Waals surface area contributed by atoms with Crippen molar-refractivity contribution < 1.29 is 17.6 Å². The number of aromatic nitrogens is 2. The molecule has 1 heterocycles. The van der Waals surface area contributed by atoms with E-state index in [0.29, 0.717) is 10.7 Å². The molecule has 0 radical (unpaired) electrons. The maximum absolute atomic E-state index is 13.5.